The standard InChI is InChI=1S/C15H20Cl2N2O3/c1-11(20)19(12-4-5-13(16)14(17)10-12)8-6-15(21)18-7-3-9-22-2/h4-5,10H,3,6-9H2,1-2H3,(H,18,21). The third kappa shape index (κ3) is 6.22. The molecule has 0 aliphatic rings. The normalized spacial score (nSPS) is 10.4. The van der Waals surface area contributed by atoms with Crippen LogP contribution in [0.5, 0.6) is 0 Å². The van der Waals surface area contributed by atoms with Gasteiger partial charge in [-0.3, -0.25) is 9.59 Å². The van der Waals surface area contributed by atoms with E-state index in [9.17, 15) is 9.59 Å². The number of halogens is 2. The van der Waals surface area contributed by atoms with Crippen molar-refractivity contribution >= 4 is 40.7 Å². The maximum atomic E-state index is 11.8. The number of ether oxygens (including phenoxy) is 1. The molecule has 0 saturated heterocycles. The average Bonchev–Trinajstić information content (AvgIpc) is 2.47. The molecule has 0 atom stereocenters. The number of hydrogen-bond acceptors (Lipinski definition) is 3. The van der Waals surface area contributed by atoms with E-state index in [0.717, 1.165) is 6.42 Å². The number of methoxy groups -OCH3 is 1. The Labute approximate surface area is 140 Å². The number of nitrogens with zero attached hydrogens (tertiary/aromatic N) is 1. The molecule has 7 heteroatoms. The molecule has 22 heavy (non-hydrogen) atoms. The highest BCUT2D eigenvalue weighted by molar-refractivity contribution is 6.42. The molecule has 0 saturated carbocycles. The number of rotatable bonds is 8. The van der Waals surface area contributed by atoms with E-state index in [1.54, 1.807) is 25.3 Å². The van der Waals surface area contributed by atoms with E-state index in [-0.39, 0.29) is 24.8 Å². The van der Waals surface area contributed by atoms with Crippen molar-refractivity contribution in [3.05, 3.63) is 28.2 Å². The second-order valence-electron chi connectivity index (χ2n) is 4.72. The van der Waals surface area contributed by atoms with Gasteiger partial charge in [-0.25, -0.2) is 0 Å². The van der Waals surface area contributed by atoms with Crippen molar-refractivity contribution in [3.63, 3.8) is 0 Å². The summed E-state index contributed by atoms with van der Waals surface area (Å²) in [6.45, 7) is 2.88. The molecule has 0 aromatic heterocycles. The molecule has 0 aliphatic heterocycles. The van der Waals surface area contributed by atoms with E-state index in [2.05, 4.69) is 5.32 Å². The summed E-state index contributed by atoms with van der Waals surface area (Å²) in [5.74, 6) is -0.270. The topological polar surface area (TPSA) is 58.6 Å². The van der Waals surface area contributed by atoms with E-state index in [4.69, 9.17) is 27.9 Å². The monoisotopic (exact) mass is 346 g/mol. The quantitative estimate of drug-likeness (QED) is 0.736. The van der Waals surface area contributed by atoms with Crippen LogP contribution in [0, 0.1) is 0 Å². The van der Waals surface area contributed by atoms with Crippen LogP contribution in [0.15, 0.2) is 18.2 Å². The molecule has 0 fully saturated rings. The van der Waals surface area contributed by atoms with Crippen LogP contribution >= 0.6 is 23.2 Å². The van der Waals surface area contributed by atoms with Gasteiger partial charge >= 0.3 is 0 Å². The van der Waals surface area contributed by atoms with Crippen LogP contribution in [0.1, 0.15) is 19.8 Å². The molecule has 2 amide bonds. The summed E-state index contributed by atoms with van der Waals surface area (Å²) in [7, 11) is 1.61. The molecule has 0 spiro atoms. The Morgan fingerprint density at radius 2 is 2.00 bits per heavy atom. The molecule has 0 radical (unpaired) electrons. The number of carbonyl (C=O) groups is 2. The zero-order valence-electron chi connectivity index (χ0n) is 12.7. The van der Waals surface area contributed by atoms with Crippen LogP contribution in [0.2, 0.25) is 10.0 Å². The Balaban J connectivity index is 2.56. The first-order chi connectivity index (χ1) is 10.5. The highest BCUT2D eigenvalue weighted by Gasteiger charge is 2.14. The molecule has 122 valence electrons. The molecule has 1 rings (SSSR count). The maximum absolute atomic E-state index is 11.8. The number of anilines is 1. The van der Waals surface area contributed by atoms with Crippen molar-refractivity contribution in [2.75, 3.05) is 31.7 Å². The van der Waals surface area contributed by atoms with E-state index in [0.29, 0.717) is 28.9 Å². The third-order valence-electron chi connectivity index (χ3n) is 3.00. The fourth-order valence-corrected chi connectivity index (χ4v) is 2.16. The Morgan fingerprint density at radius 3 is 2.59 bits per heavy atom. The predicted molar refractivity (Wildman–Crippen MR) is 88.6 cm³/mol. The van der Waals surface area contributed by atoms with E-state index in [1.807, 2.05) is 0 Å². The Hall–Kier alpha value is -1.30. The first-order valence-electron chi connectivity index (χ1n) is 6.94. The molecule has 1 aromatic carbocycles. The van der Waals surface area contributed by atoms with Gasteiger partial charge in [0.2, 0.25) is 11.8 Å². The van der Waals surface area contributed by atoms with Gasteiger partial charge in [0.05, 0.1) is 10.0 Å². The third-order valence-corrected chi connectivity index (χ3v) is 3.74. The lowest BCUT2D eigenvalue weighted by Crippen LogP contribution is -2.34. The minimum atomic E-state index is -0.162. The maximum Gasteiger partial charge on any atom is 0.223 e. The van der Waals surface area contributed by atoms with Crippen molar-refractivity contribution < 1.29 is 14.3 Å². The lowest BCUT2D eigenvalue weighted by Gasteiger charge is -2.21. The first-order valence-corrected chi connectivity index (χ1v) is 7.70. The molecule has 0 aliphatic carbocycles. The van der Waals surface area contributed by atoms with Crippen LogP contribution < -0.4 is 10.2 Å². The zero-order valence-corrected chi connectivity index (χ0v) is 14.2. The Kier molecular flexibility index (Phi) is 8.24. The lowest BCUT2D eigenvalue weighted by atomic mass is 10.2. The van der Waals surface area contributed by atoms with Crippen molar-refractivity contribution in [2.45, 2.75) is 19.8 Å². The summed E-state index contributed by atoms with van der Waals surface area (Å²) >= 11 is 11.8. The minimum absolute atomic E-state index is 0.109. The second kappa shape index (κ2) is 9.66. The van der Waals surface area contributed by atoms with Gasteiger partial charge in [-0.05, 0) is 24.6 Å². The van der Waals surface area contributed by atoms with Crippen LogP contribution in [-0.2, 0) is 14.3 Å². The number of amides is 2. The van der Waals surface area contributed by atoms with Gasteiger partial charge in [0, 0.05) is 45.8 Å². The number of benzene rings is 1. The van der Waals surface area contributed by atoms with Crippen molar-refractivity contribution in [1.82, 2.24) is 5.32 Å². The van der Waals surface area contributed by atoms with Crippen LogP contribution in [0.3, 0.4) is 0 Å². The molecule has 5 nitrogen and oxygen atoms in total. The Morgan fingerprint density at radius 1 is 1.27 bits per heavy atom. The van der Waals surface area contributed by atoms with E-state index in [1.165, 1.54) is 11.8 Å². The van der Waals surface area contributed by atoms with Crippen LogP contribution in [0.4, 0.5) is 5.69 Å². The van der Waals surface area contributed by atoms with E-state index >= 15 is 0 Å². The van der Waals surface area contributed by atoms with Crippen molar-refractivity contribution in [3.8, 4) is 0 Å². The zero-order chi connectivity index (χ0) is 16.5. The van der Waals surface area contributed by atoms with Gasteiger partial charge in [-0.1, -0.05) is 23.2 Å². The summed E-state index contributed by atoms with van der Waals surface area (Å²) < 4.78 is 4.90. The molecule has 1 N–H and O–H groups in total. The van der Waals surface area contributed by atoms with Gasteiger partial charge in [-0.2, -0.15) is 0 Å². The Bertz CT molecular complexity index is 524. The second-order valence-corrected chi connectivity index (χ2v) is 5.53. The van der Waals surface area contributed by atoms with Crippen LogP contribution in [-0.4, -0.2) is 38.6 Å². The SMILES string of the molecule is COCCCNC(=O)CCN(C(C)=O)c1ccc(Cl)c(Cl)c1. The molecular formula is C15H20Cl2N2O3. The van der Waals surface area contributed by atoms with Gasteiger partial charge in [-0.15, -0.1) is 0 Å². The fourth-order valence-electron chi connectivity index (χ4n) is 1.87. The largest absolute Gasteiger partial charge is 0.385 e. The average molecular weight is 347 g/mol. The van der Waals surface area contributed by atoms with Crippen molar-refractivity contribution in [2.24, 2.45) is 0 Å². The number of carbonyl (C=O) groups excluding carboxylic acids is 2. The molecule has 1 aromatic rings. The summed E-state index contributed by atoms with van der Waals surface area (Å²) in [5, 5.41) is 3.57. The highest BCUT2D eigenvalue weighted by Crippen LogP contribution is 2.27. The van der Waals surface area contributed by atoms with Crippen LogP contribution in [0.25, 0.3) is 0 Å². The summed E-state index contributed by atoms with van der Waals surface area (Å²) in [6.07, 6.45) is 0.970. The summed E-state index contributed by atoms with van der Waals surface area (Å²) in [4.78, 5) is 25.0. The van der Waals surface area contributed by atoms with Gasteiger partial charge in [0.1, 0.15) is 0 Å². The summed E-state index contributed by atoms with van der Waals surface area (Å²) in [5.41, 5.74) is 0.620. The van der Waals surface area contributed by atoms with Gasteiger partial charge in [0.15, 0.2) is 0 Å². The molecule has 0 bridgehead atoms. The lowest BCUT2D eigenvalue weighted by molar-refractivity contribution is -0.121. The predicted octanol–water partition coefficient (Wildman–Crippen LogP) is 2.89. The smallest absolute Gasteiger partial charge is 0.223 e. The highest BCUT2D eigenvalue weighted by atomic mass is 35.5. The van der Waals surface area contributed by atoms with Gasteiger partial charge < -0.3 is 15.0 Å². The van der Waals surface area contributed by atoms with E-state index < -0.39 is 0 Å². The van der Waals surface area contributed by atoms with Crippen molar-refractivity contribution in [1.29, 1.82) is 0 Å². The number of nitrogens with one attached hydrogen (secondary N) is 1. The molecular weight excluding hydrogens is 327 g/mol. The molecule has 0 unspecified atom stereocenters. The fraction of sp³-hybridized carbons (Fsp3) is 0.467. The molecule has 0 heterocycles. The summed E-state index contributed by atoms with van der Waals surface area (Å²) in [6, 6.07) is 4.94. The van der Waals surface area contributed by atoms with Gasteiger partial charge in [0.25, 0.3) is 0 Å². The minimum Gasteiger partial charge on any atom is -0.385 e. The number of hydrogen-bond donors (Lipinski definition) is 1. The first kappa shape index (κ1) is 18.7.